The molecule has 3 rings (SSSR count). The molecule has 0 N–H and O–H groups in total. The lowest BCUT2D eigenvalue weighted by Crippen LogP contribution is -2.54. The molecule has 0 bridgehead atoms. The van der Waals surface area contributed by atoms with Gasteiger partial charge in [-0.1, -0.05) is 30.3 Å². The summed E-state index contributed by atoms with van der Waals surface area (Å²) in [5.41, 5.74) is 1.33. The van der Waals surface area contributed by atoms with Crippen molar-refractivity contribution in [3.8, 4) is 0 Å². The lowest BCUT2D eigenvalue weighted by Gasteiger charge is -2.48. The van der Waals surface area contributed by atoms with Crippen LogP contribution >= 0.6 is 0 Å². The quantitative estimate of drug-likeness (QED) is 0.840. The molecule has 2 amide bonds. The summed E-state index contributed by atoms with van der Waals surface area (Å²) in [7, 11) is 3.62. The summed E-state index contributed by atoms with van der Waals surface area (Å²) >= 11 is 0. The van der Waals surface area contributed by atoms with Gasteiger partial charge in [-0.2, -0.15) is 0 Å². The zero-order chi connectivity index (χ0) is 17.9. The Kier molecular flexibility index (Phi) is 5.42. The second-order valence-electron chi connectivity index (χ2n) is 7.84. The van der Waals surface area contributed by atoms with E-state index in [-0.39, 0.29) is 17.2 Å². The summed E-state index contributed by atoms with van der Waals surface area (Å²) in [6.07, 6.45) is 3.83. The van der Waals surface area contributed by atoms with Crippen LogP contribution in [-0.4, -0.2) is 66.8 Å². The van der Waals surface area contributed by atoms with Crippen LogP contribution in [0, 0.1) is 5.41 Å². The van der Waals surface area contributed by atoms with E-state index in [1.807, 2.05) is 37.2 Å². The van der Waals surface area contributed by atoms with Gasteiger partial charge in [-0.3, -0.25) is 14.5 Å². The average molecular weight is 343 g/mol. The number of nitrogens with zero attached hydrogens (tertiary/aromatic N) is 3. The molecule has 0 aromatic heterocycles. The van der Waals surface area contributed by atoms with E-state index in [2.05, 4.69) is 17.0 Å². The summed E-state index contributed by atoms with van der Waals surface area (Å²) in [6.45, 7) is 3.89. The fraction of sp³-hybridized carbons (Fsp3) is 0.600. The van der Waals surface area contributed by atoms with Gasteiger partial charge < -0.3 is 9.80 Å². The van der Waals surface area contributed by atoms with Gasteiger partial charge in [0.2, 0.25) is 11.8 Å². The maximum atomic E-state index is 12.4. The van der Waals surface area contributed by atoms with Crippen molar-refractivity contribution in [3.05, 3.63) is 35.9 Å². The average Bonchev–Trinajstić information content (AvgIpc) is 2.59. The molecular formula is C20H29N3O2. The van der Waals surface area contributed by atoms with Crippen molar-refractivity contribution >= 4 is 11.8 Å². The molecule has 1 spiro atoms. The minimum Gasteiger partial charge on any atom is -0.348 e. The Morgan fingerprint density at radius 1 is 1.16 bits per heavy atom. The van der Waals surface area contributed by atoms with Gasteiger partial charge in [-0.15, -0.1) is 0 Å². The first kappa shape index (κ1) is 17.9. The van der Waals surface area contributed by atoms with Gasteiger partial charge in [0.05, 0.1) is 6.54 Å². The molecule has 2 fully saturated rings. The number of amides is 2. The van der Waals surface area contributed by atoms with Gasteiger partial charge in [-0.25, -0.2) is 0 Å². The smallest absolute Gasteiger partial charge is 0.236 e. The second kappa shape index (κ2) is 7.56. The van der Waals surface area contributed by atoms with Crippen LogP contribution in [-0.2, 0) is 16.1 Å². The van der Waals surface area contributed by atoms with E-state index >= 15 is 0 Å². The molecule has 2 saturated heterocycles. The van der Waals surface area contributed by atoms with Crippen molar-refractivity contribution in [1.82, 2.24) is 14.7 Å². The van der Waals surface area contributed by atoms with E-state index in [9.17, 15) is 9.59 Å². The largest absolute Gasteiger partial charge is 0.348 e. The molecule has 1 aromatic rings. The fourth-order valence-corrected chi connectivity index (χ4v) is 4.16. The molecule has 2 aliphatic heterocycles. The van der Waals surface area contributed by atoms with E-state index in [0.29, 0.717) is 19.5 Å². The monoisotopic (exact) mass is 343 g/mol. The highest BCUT2D eigenvalue weighted by molar-refractivity contribution is 5.78. The lowest BCUT2D eigenvalue weighted by atomic mass is 9.73. The Morgan fingerprint density at radius 3 is 2.64 bits per heavy atom. The molecule has 0 radical (unpaired) electrons. The van der Waals surface area contributed by atoms with Crippen molar-refractivity contribution in [2.75, 3.05) is 40.3 Å². The normalized spacial score (nSPS) is 24.6. The lowest BCUT2D eigenvalue weighted by molar-refractivity contribution is -0.141. The summed E-state index contributed by atoms with van der Waals surface area (Å²) in [5, 5.41) is 0. The Labute approximate surface area is 150 Å². The van der Waals surface area contributed by atoms with Gasteiger partial charge in [0.15, 0.2) is 0 Å². The number of rotatable bonds is 4. The molecule has 2 aliphatic rings. The van der Waals surface area contributed by atoms with Crippen LogP contribution in [0.25, 0.3) is 0 Å². The van der Waals surface area contributed by atoms with Crippen LogP contribution in [0.2, 0.25) is 0 Å². The highest BCUT2D eigenvalue weighted by atomic mass is 16.2. The van der Waals surface area contributed by atoms with Crippen LogP contribution < -0.4 is 0 Å². The van der Waals surface area contributed by atoms with E-state index in [0.717, 1.165) is 38.9 Å². The summed E-state index contributed by atoms with van der Waals surface area (Å²) in [6, 6.07) is 10.2. The summed E-state index contributed by atoms with van der Waals surface area (Å²) in [5.74, 6) is 0.418. The number of likely N-dealkylation sites (tertiary alicyclic amines) is 2. The third-order valence-electron chi connectivity index (χ3n) is 5.56. The van der Waals surface area contributed by atoms with Crippen LogP contribution in [0.4, 0.5) is 0 Å². The number of hydrogen-bond donors (Lipinski definition) is 0. The van der Waals surface area contributed by atoms with E-state index in [4.69, 9.17) is 0 Å². The standard InChI is InChI=1S/C20H29N3O2/c1-21(2)19(25)14-22-12-6-10-20(15-22)11-9-18(24)23(16-20)13-17-7-4-3-5-8-17/h3-5,7-8H,6,9-16H2,1-2H3. The molecule has 1 aromatic carbocycles. The van der Waals surface area contributed by atoms with Gasteiger partial charge in [0.1, 0.15) is 0 Å². The molecule has 136 valence electrons. The van der Waals surface area contributed by atoms with E-state index in [1.165, 1.54) is 5.56 Å². The highest BCUT2D eigenvalue weighted by Crippen LogP contribution is 2.39. The number of benzene rings is 1. The molecule has 2 heterocycles. The molecule has 5 nitrogen and oxygen atoms in total. The first-order valence-electron chi connectivity index (χ1n) is 9.22. The molecule has 1 unspecified atom stereocenters. The summed E-state index contributed by atoms with van der Waals surface area (Å²) < 4.78 is 0. The number of carbonyl (C=O) groups excluding carboxylic acids is 2. The van der Waals surface area contributed by atoms with Crippen molar-refractivity contribution in [2.45, 2.75) is 32.2 Å². The zero-order valence-corrected chi connectivity index (χ0v) is 15.4. The third-order valence-corrected chi connectivity index (χ3v) is 5.56. The fourth-order valence-electron chi connectivity index (χ4n) is 4.16. The Balaban J connectivity index is 1.66. The highest BCUT2D eigenvalue weighted by Gasteiger charge is 2.41. The predicted octanol–water partition coefficient (Wildman–Crippen LogP) is 1.98. The maximum absolute atomic E-state index is 12.4. The SMILES string of the molecule is CN(C)C(=O)CN1CCCC2(CCC(=O)N(Cc3ccccc3)C2)C1. The predicted molar refractivity (Wildman–Crippen MR) is 97.9 cm³/mol. The van der Waals surface area contributed by atoms with Gasteiger partial charge >= 0.3 is 0 Å². The van der Waals surface area contributed by atoms with Crippen LogP contribution in [0.15, 0.2) is 30.3 Å². The van der Waals surface area contributed by atoms with Crippen LogP contribution in [0.5, 0.6) is 0 Å². The minimum absolute atomic E-state index is 0.146. The molecule has 25 heavy (non-hydrogen) atoms. The Morgan fingerprint density at radius 2 is 1.92 bits per heavy atom. The van der Waals surface area contributed by atoms with Crippen molar-refractivity contribution in [1.29, 1.82) is 0 Å². The first-order valence-corrected chi connectivity index (χ1v) is 9.22. The van der Waals surface area contributed by atoms with Crippen molar-refractivity contribution in [2.24, 2.45) is 5.41 Å². The number of likely N-dealkylation sites (N-methyl/N-ethyl adjacent to an activating group) is 1. The van der Waals surface area contributed by atoms with Gasteiger partial charge in [0.25, 0.3) is 0 Å². The Bertz CT molecular complexity index is 617. The molecule has 5 heteroatoms. The first-order chi connectivity index (χ1) is 12.0. The number of piperidine rings is 2. The zero-order valence-electron chi connectivity index (χ0n) is 15.4. The number of hydrogen-bond acceptors (Lipinski definition) is 3. The molecular weight excluding hydrogens is 314 g/mol. The molecule has 1 atom stereocenters. The summed E-state index contributed by atoms with van der Waals surface area (Å²) in [4.78, 5) is 30.4. The third kappa shape index (κ3) is 4.40. The van der Waals surface area contributed by atoms with Gasteiger partial charge in [0, 0.05) is 45.6 Å². The van der Waals surface area contributed by atoms with Crippen molar-refractivity contribution < 1.29 is 9.59 Å². The van der Waals surface area contributed by atoms with E-state index in [1.54, 1.807) is 4.90 Å². The van der Waals surface area contributed by atoms with Crippen molar-refractivity contribution in [3.63, 3.8) is 0 Å². The van der Waals surface area contributed by atoms with Crippen LogP contribution in [0.1, 0.15) is 31.2 Å². The number of carbonyl (C=O) groups is 2. The van der Waals surface area contributed by atoms with Gasteiger partial charge in [-0.05, 0) is 31.4 Å². The molecule has 0 saturated carbocycles. The Hall–Kier alpha value is -1.88. The minimum atomic E-state index is 0.146. The van der Waals surface area contributed by atoms with Crippen LogP contribution in [0.3, 0.4) is 0 Å². The van der Waals surface area contributed by atoms with E-state index < -0.39 is 0 Å². The topological polar surface area (TPSA) is 43.9 Å². The molecule has 0 aliphatic carbocycles. The second-order valence-corrected chi connectivity index (χ2v) is 7.84. The maximum Gasteiger partial charge on any atom is 0.236 e.